The molecule has 2 aliphatic carbocycles. The van der Waals surface area contributed by atoms with Crippen molar-refractivity contribution in [3.05, 3.63) is 0 Å². The summed E-state index contributed by atoms with van der Waals surface area (Å²) < 4.78 is 0. The highest BCUT2D eigenvalue weighted by atomic mass is 16.4. The highest BCUT2D eigenvalue weighted by Gasteiger charge is 2.55. The van der Waals surface area contributed by atoms with Crippen LogP contribution in [0.5, 0.6) is 0 Å². The monoisotopic (exact) mass is 365 g/mol. The van der Waals surface area contributed by atoms with Crippen LogP contribution in [-0.2, 0) is 9.59 Å². The lowest BCUT2D eigenvalue weighted by molar-refractivity contribution is -0.149. The Balaban J connectivity index is 1.34. The minimum absolute atomic E-state index is 0.0617. The zero-order chi connectivity index (χ0) is 18.6. The molecule has 0 aromatic carbocycles. The number of hydrogen-bond donors (Lipinski definition) is 3. The van der Waals surface area contributed by atoms with Crippen molar-refractivity contribution in [3.63, 3.8) is 0 Å². The van der Waals surface area contributed by atoms with Crippen LogP contribution in [0.3, 0.4) is 0 Å². The van der Waals surface area contributed by atoms with Crippen molar-refractivity contribution in [2.75, 3.05) is 26.2 Å². The summed E-state index contributed by atoms with van der Waals surface area (Å²) in [6.07, 6.45) is 9.08. The molecule has 26 heavy (non-hydrogen) atoms. The Labute approximate surface area is 154 Å². The maximum absolute atomic E-state index is 12.3. The summed E-state index contributed by atoms with van der Waals surface area (Å²) >= 11 is 0. The summed E-state index contributed by atoms with van der Waals surface area (Å²) in [5.74, 6) is -0.132. The maximum Gasteiger partial charge on any atom is 0.317 e. The minimum Gasteiger partial charge on any atom is -0.481 e. The number of likely N-dealkylation sites (tertiary alicyclic amines) is 1. The Hall–Kier alpha value is -1.79. The van der Waals surface area contributed by atoms with Gasteiger partial charge in [-0.05, 0) is 37.5 Å². The van der Waals surface area contributed by atoms with Crippen molar-refractivity contribution in [2.24, 2.45) is 17.3 Å². The molecule has 146 valence electrons. The number of carbonyl (C=O) groups is 3. The van der Waals surface area contributed by atoms with E-state index in [9.17, 15) is 19.5 Å². The number of carboxylic acid groups (broad SMARTS) is 1. The zero-order valence-corrected chi connectivity index (χ0v) is 15.5. The fourth-order valence-electron chi connectivity index (χ4n) is 5.00. The maximum atomic E-state index is 12.3. The second kappa shape index (κ2) is 8.27. The van der Waals surface area contributed by atoms with Gasteiger partial charge in [0.15, 0.2) is 0 Å². The molecular formula is C19H31N3O4. The fourth-order valence-corrected chi connectivity index (χ4v) is 5.00. The second-order valence-electron chi connectivity index (χ2n) is 8.22. The molecule has 0 unspecified atom stereocenters. The van der Waals surface area contributed by atoms with E-state index in [-0.39, 0.29) is 17.9 Å². The first-order chi connectivity index (χ1) is 12.5. The number of nitrogens with zero attached hydrogens (tertiary/aromatic N) is 1. The van der Waals surface area contributed by atoms with Gasteiger partial charge < -0.3 is 20.6 Å². The van der Waals surface area contributed by atoms with Crippen molar-refractivity contribution < 1.29 is 19.5 Å². The molecule has 3 fully saturated rings. The van der Waals surface area contributed by atoms with Crippen LogP contribution in [0.2, 0.25) is 0 Å². The number of carbonyl (C=O) groups excluding carboxylic acids is 2. The third kappa shape index (κ3) is 4.13. The van der Waals surface area contributed by atoms with Crippen LogP contribution in [0.4, 0.5) is 4.79 Å². The number of rotatable bonds is 6. The van der Waals surface area contributed by atoms with E-state index < -0.39 is 11.4 Å². The van der Waals surface area contributed by atoms with Gasteiger partial charge in [-0.2, -0.15) is 0 Å². The highest BCUT2D eigenvalue weighted by molar-refractivity contribution is 5.80. The molecule has 0 spiro atoms. The molecule has 0 aromatic heterocycles. The first-order valence-electron chi connectivity index (χ1n) is 10.0. The molecule has 7 nitrogen and oxygen atoms in total. The Morgan fingerprint density at radius 1 is 1.00 bits per heavy atom. The lowest BCUT2D eigenvalue weighted by Gasteiger charge is -2.23. The number of urea groups is 1. The molecule has 0 aromatic rings. The second-order valence-corrected chi connectivity index (χ2v) is 8.22. The van der Waals surface area contributed by atoms with Crippen molar-refractivity contribution in [1.82, 2.24) is 15.5 Å². The Morgan fingerprint density at radius 2 is 1.73 bits per heavy atom. The van der Waals surface area contributed by atoms with Crippen LogP contribution in [0.1, 0.15) is 57.8 Å². The predicted octanol–water partition coefficient (Wildman–Crippen LogP) is 1.97. The number of aliphatic carboxylic acids is 1. The quantitative estimate of drug-likeness (QED) is 0.627. The van der Waals surface area contributed by atoms with E-state index >= 15 is 0 Å². The summed E-state index contributed by atoms with van der Waals surface area (Å²) in [5, 5.41) is 15.3. The van der Waals surface area contributed by atoms with Crippen LogP contribution in [0.15, 0.2) is 0 Å². The average Bonchev–Trinajstić information content (AvgIpc) is 3.18. The van der Waals surface area contributed by atoms with Crippen LogP contribution >= 0.6 is 0 Å². The van der Waals surface area contributed by atoms with Gasteiger partial charge in [-0.15, -0.1) is 0 Å². The Kier molecular flexibility index (Phi) is 6.04. The first-order valence-corrected chi connectivity index (χ1v) is 10.0. The molecule has 0 bridgehead atoms. The lowest BCUT2D eigenvalue weighted by atomic mass is 9.81. The van der Waals surface area contributed by atoms with Gasteiger partial charge in [0.1, 0.15) is 0 Å². The van der Waals surface area contributed by atoms with Crippen molar-refractivity contribution in [2.45, 2.75) is 57.8 Å². The molecule has 3 N–H and O–H groups in total. The summed E-state index contributed by atoms with van der Waals surface area (Å²) in [6, 6.07) is -0.221. The topological polar surface area (TPSA) is 98.7 Å². The molecule has 7 heteroatoms. The fraction of sp³-hybridized carbons (Fsp3) is 0.842. The largest absolute Gasteiger partial charge is 0.481 e. The van der Waals surface area contributed by atoms with Gasteiger partial charge in [-0.1, -0.05) is 25.7 Å². The van der Waals surface area contributed by atoms with Gasteiger partial charge in [0.2, 0.25) is 5.91 Å². The van der Waals surface area contributed by atoms with Crippen LogP contribution in [0.25, 0.3) is 0 Å². The number of amides is 3. The molecule has 2 saturated carbocycles. The lowest BCUT2D eigenvalue weighted by Crippen LogP contribution is -2.44. The molecule has 1 aliphatic heterocycles. The van der Waals surface area contributed by atoms with Crippen LogP contribution in [0, 0.1) is 17.3 Å². The summed E-state index contributed by atoms with van der Waals surface area (Å²) in [5.41, 5.74) is -0.744. The summed E-state index contributed by atoms with van der Waals surface area (Å²) in [7, 11) is 0. The van der Waals surface area contributed by atoms with Gasteiger partial charge >= 0.3 is 12.0 Å². The first kappa shape index (κ1) is 19.0. The van der Waals surface area contributed by atoms with Gasteiger partial charge in [-0.3, -0.25) is 9.59 Å². The van der Waals surface area contributed by atoms with E-state index in [0.29, 0.717) is 44.9 Å². The van der Waals surface area contributed by atoms with E-state index in [2.05, 4.69) is 10.6 Å². The van der Waals surface area contributed by atoms with Crippen molar-refractivity contribution in [1.29, 1.82) is 0 Å². The van der Waals surface area contributed by atoms with Gasteiger partial charge in [0.25, 0.3) is 0 Å². The van der Waals surface area contributed by atoms with Crippen molar-refractivity contribution in [3.8, 4) is 0 Å². The van der Waals surface area contributed by atoms with Crippen molar-refractivity contribution >= 4 is 17.9 Å². The van der Waals surface area contributed by atoms with E-state index in [4.69, 9.17) is 0 Å². The Morgan fingerprint density at radius 3 is 2.42 bits per heavy atom. The van der Waals surface area contributed by atoms with Gasteiger partial charge in [-0.25, -0.2) is 4.79 Å². The number of carboxylic acids is 1. The zero-order valence-electron chi connectivity index (χ0n) is 15.5. The van der Waals surface area contributed by atoms with Crippen LogP contribution in [-0.4, -0.2) is 54.1 Å². The van der Waals surface area contributed by atoms with Gasteiger partial charge in [0, 0.05) is 32.6 Å². The SMILES string of the molecule is O=C(CC1CCCCC1)NCCNC(=O)N1C[C@@H]2CCC[C@@]2(C(=O)O)C1. The predicted molar refractivity (Wildman–Crippen MR) is 96.6 cm³/mol. The highest BCUT2D eigenvalue weighted by Crippen LogP contribution is 2.48. The molecule has 3 aliphatic rings. The van der Waals surface area contributed by atoms with E-state index in [1.54, 1.807) is 4.90 Å². The molecule has 1 saturated heterocycles. The normalized spacial score (nSPS) is 28.6. The van der Waals surface area contributed by atoms with E-state index in [1.165, 1.54) is 19.3 Å². The summed E-state index contributed by atoms with van der Waals surface area (Å²) in [4.78, 5) is 37.6. The molecule has 1 heterocycles. The molecule has 3 rings (SSSR count). The average molecular weight is 365 g/mol. The number of nitrogens with one attached hydrogen (secondary N) is 2. The molecule has 3 amide bonds. The molecule has 2 atom stereocenters. The molecular weight excluding hydrogens is 334 g/mol. The van der Waals surface area contributed by atoms with E-state index in [0.717, 1.165) is 25.7 Å². The molecule has 0 radical (unpaired) electrons. The number of fused-ring (bicyclic) bond motifs is 1. The standard InChI is InChI=1S/C19H31N3O4/c23-16(11-14-5-2-1-3-6-14)20-9-10-21-18(26)22-12-15-7-4-8-19(15,13-22)17(24)25/h14-15H,1-13H2,(H,20,23)(H,21,26)(H,24,25)/t15-,19+/m0/s1. The summed E-state index contributed by atoms with van der Waals surface area (Å²) in [6.45, 7) is 1.61. The third-order valence-electron chi connectivity index (χ3n) is 6.51. The van der Waals surface area contributed by atoms with Gasteiger partial charge in [0.05, 0.1) is 5.41 Å². The minimum atomic E-state index is -0.773. The van der Waals surface area contributed by atoms with Crippen LogP contribution < -0.4 is 10.6 Å². The number of hydrogen-bond acceptors (Lipinski definition) is 3. The Bertz CT molecular complexity index is 547. The third-order valence-corrected chi connectivity index (χ3v) is 6.51. The smallest absolute Gasteiger partial charge is 0.317 e. The van der Waals surface area contributed by atoms with E-state index in [1.807, 2.05) is 0 Å².